The number of imidazole rings is 1. The summed E-state index contributed by atoms with van der Waals surface area (Å²) < 4.78 is 48.8. The summed E-state index contributed by atoms with van der Waals surface area (Å²) >= 11 is 1.21. The Morgan fingerprint density at radius 1 is 1.16 bits per heavy atom. The van der Waals surface area contributed by atoms with Crippen LogP contribution in [0.25, 0.3) is 16.2 Å². The maximum atomic E-state index is 12.7. The molecule has 0 unspecified atom stereocenters. The lowest BCUT2D eigenvalue weighted by atomic mass is 10.2. The molecule has 0 aliphatic heterocycles. The number of carbonyl (C=O) groups excluding carboxylic acids is 1. The molecule has 0 saturated heterocycles. The predicted molar refractivity (Wildman–Crippen MR) is 114 cm³/mol. The van der Waals surface area contributed by atoms with Crippen LogP contribution in [0.3, 0.4) is 0 Å². The van der Waals surface area contributed by atoms with Crippen LogP contribution in [0.4, 0.5) is 13.2 Å². The molecular weight excluding hydrogens is 443 g/mol. The van der Waals surface area contributed by atoms with Crippen LogP contribution in [0.5, 0.6) is 11.5 Å². The van der Waals surface area contributed by atoms with Gasteiger partial charge in [-0.15, -0.1) is 13.2 Å². The number of para-hydroxylation sites is 1. The van der Waals surface area contributed by atoms with Gasteiger partial charge in [-0.2, -0.15) is 0 Å². The number of carbonyl (C=O) groups is 1. The topological polar surface area (TPSA) is 64.9 Å². The molecule has 0 bridgehead atoms. The van der Waals surface area contributed by atoms with E-state index in [1.54, 1.807) is 20.1 Å². The first kappa shape index (κ1) is 21.7. The van der Waals surface area contributed by atoms with Crippen molar-refractivity contribution in [1.29, 1.82) is 0 Å². The summed E-state index contributed by atoms with van der Waals surface area (Å²) in [5, 5.41) is 2.66. The highest BCUT2D eigenvalue weighted by atomic mass is 32.1. The molecule has 4 rings (SSSR count). The average Bonchev–Trinajstić information content (AvgIpc) is 3.31. The summed E-state index contributed by atoms with van der Waals surface area (Å²) in [6.07, 6.45) is -2.97. The number of fused-ring (bicyclic) bond motifs is 1. The summed E-state index contributed by atoms with van der Waals surface area (Å²) in [5.74, 6) is 0.0000584. The highest BCUT2D eigenvalue weighted by molar-refractivity contribution is 7.19. The Hall–Kier alpha value is -3.53. The fourth-order valence-electron chi connectivity index (χ4n) is 3.19. The van der Waals surface area contributed by atoms with E-state index in [4.69, 9.17) is 4.74 Å². The molecule has 2 heterocycles. The first-order valence-corrected chi connectivity index (χ1v) is 10.3. The number of hydrogen-bond donors (Lipinski definition) is 1. The maximum absolute atomic E-state index is 12.7. The normalized spacial score (nSPS) is 11.5. The molecule has 166 valence electrons. The molecule has 2 aromatic carbocycles. The van der Waals surface area contributed by atoms with Crippen molar-refractivity contribution < 1.29 is 27.4 Å². The van der Waals surface area contributed by atoms with Crippen LogP contribution < -0.4 is 14.8 Å². The summed E-state index contributed by atoms with van der Waals surface area (Å²) in [6, 6.07) is 13.2. The number of nitrogens with zero attached hydrogens (tertiary/aromatic N) is 2. The predicted octanol–water partition coefficient (Wildman–Crippen LogP) is 5.21. The number of methoxy groups -OCH3 is 1. The van der Waals surface area contributed by atoms with Crippen LogP contribution in [0, 0.1) is 6.92 Å². The Balaban J connectivity index is 1.51. The highest BCUT2D eigenvalue weighted by Gasteiger charge is 2.32. The number of halogens is 3. The SMILES string of the molecule is COc1ccc(-c2cn3c(C)c(C(=O)NCc4ccccc4OC(F)(F)F)sc3n2)cc1. The number of ether oxygens (including phenoxy) is 2. The van der Waals surface area contributed by atoms with Gasteiger partial charge in [-0.1, -0.05) is 29.5 Å². The van der Waals surface area contributed by atoms with Crippen molar-refractivity contribution in [1.82, 2.24) is 14.7 Å². The van der Waals surface area contributed by atoms with Crippen molar-refractivity contribution in [2.75, 3.05) is 7.11 Å². The lowest BCUT2D eigenvalue weighted by Crippen LogP contribution is -2.24. The van der Waals surface area contributed by atoms with Gasteiger partial charge in [-0.3, -0.25) is 9.20 Å². The van der Waals surface area contributed by atoms with Crippen LogP contribution in [0.1, 0.15) is 20.9 Å². The highest BCUT2D eigenvalue weighted by Crippen LogP contribution is 2.29. The van der Waals surface area contributed by atoms with Gasteiger partial charge < -0.3 is 14.8 Å². The van der Waals surface area contributed by atoms with Crippen molar-refractivity contribution in [2.24, 2.45) is 0 Å². The van der Waals surface area contributed by atoms with Gasteiger partial charge in [-0.25, -0.2) is 4.98 Å². The van der Waals surface area contributed by atoms with E-state index >= 15 is 0 Å². The van der Waals surface area contributed by atoms with Crippen LogP contribution in [0.15, 0.2) is 54.7 Å². The fraction of sp³-hybridized carbons (Fsp3) is 0.182. The number of thiazole rings is 1. The second kappa shape index (κ2) is 8.54. The van der Waals surface area contributed by atoms with Gasteiger partial charge in [0.25, 0.3) is 5.91 Å². The number of rotatable bonds is 6. The lowest BCUT2D eigenvalue weighted by Gasteiger charge is -2.13. The van der Waals surface area contributed by atoms with Crippen molar-refractivity contribution in [3.05, 3.63) is 70.9 Å². The third-order valence-electron chi connectivity index (χ3n) is 4.79. The molecule has 0 saturated carbocycles. The van der Waals surface area contributed by atoms with E-state index in [-0.39, 0.29) is 17.9 Å². The summed E-state index contributed by atoms with van der Waals surface area (Å²) in [4.78, 5) is 18.4. The van der Waals surface area contributed by atoms with E-state index in [1.807, 2.05) is 34.9 Å². The molecule has 0 radical (unpaired) electrons. The average molecular weight is 461 g/mol. The zero-order chi connectivity index (χ0) is 22.9. The van der Waals surface area contributed by atoms with E-state index in [2.05, 4.69) is 15.0 Å². The third-order valence-corrected chi connectivity index (χ3v) is 5.94. The zero-order valence-corrected chi connectivity index (χ0v) is 17.9. The molecule has 10 heteroatoms. The minimum Gasteiger partial charge on any atom is -0.497 e. The third kappa shape index (κ3) is 4.54. The van der Waals surface area contributed by atoms with Crippen LogP contribution in [0.2, 0.25) is 0 Å². The Morgan fingerprint density at radius 3 is 2.53 bits per heavy atom. The lowest BCUT2D eigenvalue weighted by molar-refractivity contribution is -0.274. The molecule has 0 atom stereocenters. The molecule has 2 aromatic heterocycles. The van der Waals surface area contributed by atoms with E-state index in [9.17, 15) is 18.0 Å². The maximum Gasteiger partial charge on any atom is 0.573 e. The Bertz CT molecular complexity index is 1260. The molecule has 4 aromatic rings. The summed E-state index contributed by atoms with van der Waals surface area (Å²) in [5.41, 5.74) is 2.58. The molecule has 0 aliphatic carbocycles. The Labute approximate surface area is 185 Å². The fourth-order valence-corrected chi connectivity index (χ4v) is 4.22. The van der Waals surface area contributed by atoms with Gasteiger partial charge >= 0.3 is 6.36 Å². The van der Waals surface area contributed by atoms with Crippen LogP contribution >= 0.6 is 11.3 Å². The summed E-state index contributed by atoms with van der Waals surface area (Å²) in [6.45, 7) is 1.68. The Kier molecular flexibility index (Phi) is 5.79. The van der Waals surface area contributed by atoms with Crippen molar-refractivity contribution in [3.63, 3.8) is 0 Å². The monoisotopic (exact) mass is 461 g/mol. The standard InChI is InChI=1S/C22H18F3N3O3S/c1-13-19(20(29)26-11-15-5-3-4-6-18(15)31-22(23,24)25)32-21-27-17(12-28(13)21)14-7-9-16(30-2)10-8-14/h3-10,12H,11H2,1-2H3,(H,26,29). The van der Waals surface area contributed by atoms with Gasteiger partial charge in [0.1, 0.15) is 16.4 Å². The first-order valence-electron chi connectivity index (χ1n) is 9.50. The van der Waals surface area contributed by atoms with Gasteiger partial charge in [0.05, 0.1) is 12.8 Å². The summed E-state index contributed by atoms with van der Waals surface area (Å²) in [7, 11) is 1.60. The van der Waals surface area contributed by atoms with E-state index in [0.717, 1.165) is 17.0 Å². The molecule has 0 aliphatic rings. The molecule has 0 fully saturated rings. The second-order valence-electron chi connectivity index (χ2n) is 6.86. The first-order chi connectivity index (χ1) is 15.2. The molecule has 0 spiro atoms. The van der Waals surface area contributed by atoms with Crippen molar-refractivity contribution in [3.8, 4) is 22.8 Å². The number of aryl methyl sites for hydroxylation is 1. The minimum absolute atomic E-state index is 0.109. The quantitative estimate of drug-likeness (QED) is 0.428. The van der Waals surface area contributed by atoms with Gasteiger partial charge in [-0.05, 0) is 37.3 Å². The van der Waals surface area contributed by atoms with Crippen LogP contribution in [-0.4, -0.2) is 28.8 Å². The van der Waals surface area contributed by atoms with Crippen LogP contribution in [-0.2, 0) is 6.54 Å². The second-order valence-corrected chi connectivity index (χ2v) is 7.84. The zero-order valence-electron chi connectivity index (χ0n) is 17.1. The molecule has 32 heavy (non-hydrogen) atoms. The number of amides is 1. The van der Waals surface area contributed by atoms with Gasteiger partial charge in [0, 0.05) is 29.6 Å². The number of hydrogen-bond acceptors (Lipinski definition) is 5. The van der Waals surface area contributed by atoms with E-state index in [0.29, 0.717) is 15.5 Å². The van der Waals surface area contributed by atoms with Crippen molar-refractivity contribution >= 4 is 22.2 Å². The van der Waals surface area contributed by atoms with E-state index in [1.165, 1.54) is 29.5 Å². The van der Waals surface area contributed by atoms with E-state index < -0.39 is 12.3 Å². The minimum atomic E-state index is -4.81. The number of alkyl halides is 3. The molecule has 1 amide bonds. The van der Waals surface area contributed by atoms with Gasteiger partial charge in [0.2, 0.25) is 0 Å². The molecule has 1 N–H and O–H groups in total. The van der Waals surface area contributed by atoms with Crippen molar-refractivity contribution in [2.45, 2.75) is 19.8 Å². The Morgan fingerprint density at radius 2 is 1.88 bits per heavy atom. The largest absolute Gasteiger partial charge is 0.573 e. The van der Waals surface area contributed by atoms with Gasteiger partial charge in [0.15, 0.2) is 4.96 Å². The number of nitrogens with one attached hydrogen (secondary N) is 1. The molecule has 6 nitrogen and oxygen atoms in total. The molecular formula is C22H18F3N3O3S. The number of aromatic nitrogens is 2. The number of benzene rings is 2. The smallest absolute Gasteiger partial charge is 0.497 e.